The van der Waals surface area contributed by atoms with E-state index in [-0.39, 0.29) is 32.5 Å². The molecule has 0 saturated carbocycles. The maximum atomic E-state index is 16.3. The largest absolute Gasteiger partial charge is 0.402 e. The molecule has 6 aromatic rings. The molecule has 0 aromatic heterocycles. The highest BCUT2D eigenvalue weighted by Crippen LogP contribution is 2.61. The van der Waals surface area contributed by atoms with E-state index < -0.39 is 11.6 Å². The number of hydrogen-bond acceptors (Lipinski definition) is 0. The van der Waals surface area contributed by atoms with Crippen LogP contribution in [-0.4, -0.2) is 6.18 Å². The molecule has 64 heavy (non-hydrogen) atoms. The van der Waals surface area contributed by atoms with E-state index in [2.05, 4.69) is 184 Å². The lowest BCUT2D eigenvalue weighted by Gasteiger charge is -2.31. The Balaban J connectivity index is 1.26. The minimum absolute atomic E-state index is 0.0249. The van der Waals surface area contributed by atoms with Gasteiger partial charge in [-0.05, 0) is 164 Å². The molecule has 0 fully saturated rings. The highest BCUT2D eigenvalue weighted by molar-refractivity contribution is 5.97. The normalized spacial score (nSPS) is 16.8. The van der Waals surface area contributed by atoms with Gasteiger partial charge >= 0.3 is 6.18 Å². The zero-order valence-electron chi connectivity index (χ0n) is 41.4. The second-order valence-electron chi connectivity index (χ2n) is 24.8. The van der Waals surface area contributed by atoms with Crippen molar-refractivity contribution in [1.82, 2.24) is 0 Å². The Kier molecular flexibility index (Phi) is 9.25. The zero-order chi connectivity index (χ0) is 46.9. The Morgan fingerprint density at radius 1 is 0.312 bits per heavy atom. The Labute approximate surface area is 381 Å². The predicted octanol–water partition coefficient (Wildman–Crippen LogP) is 17.7. The van der Waals surface area contributed by atoms with Gasteiger partial charge in [-0.1, -0.05) is 184 Å². The van der Waals surface area contributed by atoms with Crippen molar-refractivity contribution in [3.05, 3.63) is 153 Å². The third-order valence-corrected chi connectivity index (χ3v) is 15.6. The maximum Gasteiger partial charge on any atom is 0.402 e. The molecule has 0 nitrogen and oxygen atoms in total. The topological polar surface area (TPSA) is 0 Å². The monoisotopic (exact) mass is 857 g/mol. The summed E-state index contributed by atoms with van der Waals surface area (Å²) < 4.78 is 48.9. The molecule has 0 spiro atoms. The van der Waals surface area contributed by atoms with E-state index in [1.54, 1.807) is 0 Å². The van der Waals surface area contributed by atoms with Crippen molar-refractivity contribution in [3.8, 4) is 55.6 Å². The first-order chi connectivity index (χ1) is 29.3. The molecule has 6 aromatic carbocycles. The summed E-state index contributed by atoms with van der Waals surface area (Å²) in [5, 5.41) is 0. The summed E-state index contributed by atoms with van der Waals surface area (Å²) in [6.07, 6.45) is -4.56. The molecule has 3 aliphatic rings. The first kappa shape index (κ1) is 44.3. The smallest absolute Gasteiger partial charge is 0.170 e. The lowest BCUT2D eigenvalue weighted by atomic mass is 9.75. The second kappa shape index (κ2) is 13.4. The maximum absolute atomic E-state index is 16.3. The van der Waals surface area contributed by atoms with Gasteiger partial charge in [-0.3, -0.25) is 0 Å². The third kappa shape index (κ3) is 6.36. The van der Waals surface area contributed by atoms with Crippen LogP contribution >= 0.6 is 0 Å². The van der Waals surface area contributed by atoms with Gasteiger partial charge in [0.05, 0.1) is 0 Å². The van der Waals surface area contributed by atoms with Crippen molar-refractivity contribution in [2.45, 2.75) is 162 Å². The molecule has 0 radical (unpaired) electrons. The molecule has 0 amide bonds. The standard InChI is InChI=1S/C61H67F3/c1-54(2,3)36-20-24-42-46(30-36)58(13,14)50-32-38(56(7,8)9)28-44(52(42)50)34-18-22-40-41-23-19-35(27-49(41)60(17,48(40)26-34)61(62,63)64)45-29-39(57(10,11)12)33-51-53(45)43-25-21-37(55(4,5)6)31-47(43)59(51,15)16/h18-33H,1-17H3. The number of alkyl halides is 3. The van der Waals surface area contributed by atoms with Crippen LogP contribution in [0.25, 0.3) is 55.6 Å². The first-order valence-corrected chi connectivity index (χ1v) is 23.3. The third-order valence-electron chi connectivity index (χ3n) is 15.6. The molecule has 0 N–H and O–H groups in total. The average molecular weight is 857 g/mol. The van der Waals surface area contributed by atoms with Crippen LogP contribution in [0.4, 0.5) is 13.2 Å². The second-order valence-corrected chi connectivity index (χ2v) is 24.8. The van der Waals surface area contributed by atoms with Gasteiger partial charge in [0.2, 0.25) is 0 Å². The van der Waals surface area contributed by atoms with Gasteiger partial charge in [0.15, 0.2) is 0 Å². The minimum Gasteiger partial charge on any atom is -0.170 e. The highest BCUT2D eigenvalue weighted by Gasteiger charge is 2.58. The first-order valence-electron chi connectivity index (χ1n) is 23.3. The van der Waals surface area contributed by atoms with Crippen molar-refractivity contribution >= 4 is 0 Å². The van der Waals surface area contributed by atoms with E-state index in [9.17, 15) is 0 Å². The molecule has 9 rings (SSSR count). The van der Waals surface area contributed by atoms with Crippen LogP contribution in [0.2, 0.25) is 0 Å². The Morgan fingerprint density at radius 3 is 0.938 bits per heavy atom. The van der Waals surface area contributed by atoms with Crippen molar-refractivity contribution in [1.29, 1.82) is 0 Å². The van der Waals surface area contributed by atoms with E-state index in [1.165, 1.54) is 62.6 Å². The van der Waals surface area contributed by atoms with Gasteiger partial charge in [-0.25, -0.2) is 0 Å². The molecule has 0 saturated heterocycles. The molecule has 3 aliphatic carbocycles. The summed E-state index contributed by atoms with van der Waals surface area (Å²) in [7, 11) is 0. The van der Waals surface area contributed by atoms with E-state index in [1.807, 2.05) is 24.3 Å². The molecular weight excluding hydrogens is 790 g/mol. The Bertz CT molecular complexity index is 2760. The molecule has 0 heterocycles. The molecule has 0 atom stereocenters. The highest BCUT2D eigenvalue weighted by atomic mass is 19.4. The van der Waals surface area contributed by atoms with E-state index in [0.29, 0.717) is 22.3 Å². The number of hydrogen-bond donors (Lipinski definition) is 0. The number of halogens is 3. The van der Waals surface area contributed by atoms with Crippen LogP contribution in [0.5, 0.6) is 0 Å². The SMILES string of the molecule is CC(C)(C)c1ccc2c(c1)C(C)(C)c1cc(C(C)(C)C)cc(-c3ccc4c(c3)C(C)(C(F)(F)F)c3cc(-c5cc(C(C)(C)C)cc6c5-c5ccc(C(C)(C)C)cc5C6(C)C)ccc3-4)c1-2. The van der Waals surface area contributed by atoms with E-state index in [4.69, 9.17) is 0 Å². The molecule has 332 valence electrons. The zero-order valence-corrected chi connectivity index (χ0v) is 41.4. The van der Waals surface area contributed by atoms with Gasteiger partial charge in [-0.15, -0.1) is 0 Å². The lowest BCUT2D eigenvalue weighted by molar-refractivity contribution is -0.172. The van der Waals surface area contributed by atoms with Crippen LogP contribution < -0.4 is 0 Å². The van der Waals surface area contributed by atoms with Crippen LogP contribution in [0.1, 0.15) is 173 Å². The molecule has 3 heteroatoms. The van der Waals surface area contributed by atoms with Crippen LogP contribution in [0.3, 0.4) is 0 Å². The Morgan fingerprint density at radius 2 is 0.625 bits per heavy atom. The summed E-state index contributed by atoms with van der Waals surface area (Å²) in [5.74, 6) is 0. The van der Waals surface area contributed by atoms with Crippen molar-refractivity contribution < 1.29 is 13.2 Å². The van der Waals surface area contributed by atoms with Crippen molar-refractivity contribution in [3.63, 3.8) is 0 Å². The predicted molar refractivity (Wildman–Crippen MR) is 265 cm³/mol. The molecular formula is C61H67F3. The Hall–Kier alpha value is -4.89. The quantitative estimate of drug-likeness (QED) is 0.163. The van der Waals surface area contributed by atoms with Crippen LogP contribution in [-0.2, 0) is 37.9 Å². The van der Waals surface area contributed by atoms with Gasteiger partial charge < -0.3 is 0 Å². The van der Waals surface area contributed by atoms with Crippen molar-refractivity contribution in [2.75, 3.05) is 0 Å². The van der Waals surface area contributed by atoms with Crippen LogP contribution in [0, 0.1) is 0 Å². The fourth-order valence-corrected chi connectivity index (χ4v) is 11.1. The fourth-order valence-electron chi connectivity index (χ4n) is 11.1. The van der Waals surface area contributed by atoms with Crippen molar-refractivity contribution in [2.24, 2.45) is 0 Å². The molecule has 0 unspecified atom stereocenters. The number of rotatable bonds is 2. The summed E-state index contributed by atoms with van der Waals surface area (Å²) in [6.45, 7) is 37.4. The van der Waals surface area contributed by atoms with Gasteiger partial charge in [0, 0.05) is 10.8 Å². The average Bonchev–Trinajstić information content (AvgIpc) is 3.69. The summed E-state index contributed by atoms with van der Waals surface area (Å²) in [6, 6.07) is 34.7. The van der Waals surface area contributed by atoms with Gasteiger partial charge in [-0.2, -0.15) is 13.2 Å². The lowest BCUT2D eigenvalue weighted by Crippen LogP contribution is -2.38. The van der Waals surface area contributed by atoms with Gasteiger partial charge in [0.1, 0.15) is 5.41 Å². The molecule has 0 aliphatic heterocycles. The van der Waals surface area contributed by atoms with Crippen LogP contribution in [0.15, 0.2) is 97.1 Å². The van der Waals surface area contributed by atoms with Gasteiger partial charge in [0.25, 0.3) is 0 Å². The number of fused-ring (bicyclic) bond motifs is 9. The van der Waals surface area contributed by atoms with E-state index >= 15 is 13.2 Å². The fraction of sp³-hybridized carbons (Fsp3) is 0.410. The number of benzene rings is 6. The summed E-state index contributed by atoms with van der Waals surface area (Å²) in [5.41, 5.74) is 16.8. The summed E-state index contributed by atoms with van der Waals surface area (Å²) in [4.78, 5) is 0. The minimum atomic E-state index is -4.56. The summed E-state index contributed by atoms with van der Waals surface area (Å²) >= 11 is 0. The van der Waals surface area contributed by atoms with E-state index in [0.717, 1.165) is 33.4 Å². The molecule has 0 bridgehead atoms.